The third kappa shape index (κ3) is 5.53. The van der Waals surface area contributed by atoms with Crippen molar-refractivity contribution in [2.75, 3.05) is 39.3 Å². The standard InChI is InChI=1S/C22H36N4O/c1-18-8-9-19(2)26(18)17-14-24-12-15-25(16-13-24)22(27)11-10-21(23)20-6-4-3-5-7-20/h3-7,18-19,21H,8-17,23H2,1-2H3/t18-,19+,21-/m1/s1. The lowest BCUT2D eigenvalue weighted by molar-refractivity contribution is -0.133. The first-order chi connectivity index (χ1) is 13.0. The van der Waals surface area contributed by atoms with Crippen LogP contribution in [0.25, 0.3) is 0 Å². The lowest BCUT2D eigenvalue weighted by Gasteiger charge is -2.36. The predicted molar refractivity (Wildman–Crippen MR) is 110 cm³/mol. The minimum Gasteiger partial charge on any atom is -0.340 e. The van der Waals surface area contributed by atoms with Gasteiger partial charge in [-0.3, -0.25) is 14.6 Å². The molecule has 2 N–H and O–H groups in total. The maximum absolute atomic E-state index is 12.5. The second-order valence-corrected chi connectivity index (χ2v) is 8.29. The zero-order valence-corrected chi connectivity index (χ0v) is 17.0. The molecule has 2 heterocycles. The Labute approximate surface area is 164 Å². The largest absolute Gasteiger partial charge is 0.340 e. The van der Waals surface area contributed by atoms with Gasteiger partial charge in [0.25, 0.3) is 0 Å². The van der Waals surface area contributed by atoms with Crippen LogP contribution >= 0.6 is 0 Å². The van der Waals surface area contributed by atoms with E-state index in [1.807, 2.05) is 35.2 Å². The molecule has 2 aliphatic heterocycles. The van der Waals surface area contributed by atoms with Gasteiger partial charge in [-0.05, 0) is 38.7 Å². The average molecular weight is 373 g/mol. The molecule has 5 nitrogen and oxygen atoms in total. The first-order valence-corrected chi connectivity index (χ1v) is 10.6. The Bertz CT molecular complexity index is 575. The zero-order chi connectivity index (χ0) is 19.2. The summed E-state index contributed by atoms with van der Waals surface area (Å²) in [6.45, 7) is 10.7. The van der Waals surface area contributed by atoms with E-state index in [0.717, 1.165) is 56.9 Å². The summed E-state index contributed by atoms with van der Waals surface area (Å²) in [6, 6.07) is 11.5. The fourth-order valence-corrected chi connectivity index (χ4v) is 4.47. The van der Waals surface area contributed by atoms with Crippen LogP contribution < -0.4 is 5.73 Å². The molecule has 0 aliphatic carbocycles. The van der Waals surface area contributed by atoms with E-state index < -0.39 is 0 Å². The van der Waals surface area contributed by atoms with Gasteiger partial charge >= 0.3 is 0 Å². The highest BCUT2D eigenvalue weighted by Gasteiger charge is 2.28. The topological polar surface area (TPSA) is 52.8 Å². The zero-order valence-electron chi connectivity index (χ0n) is 17.0. The van der Waals surface area contributed by atoms with E-state index in [0.29, 0.717) is 12.8 Å². The molecule has 1 amide bonds. The van der Waals surface area contributed by atoms with Crippen LogP contribution in [0.1, 0.15) is 51.1 Å². The second kappa shape index (κ2) is 9.67. The third-order valence-corrected chi connectivity index (χ3v) is 6.43. The van der Waals surface area contributed by atoms with Gasteiger partial charge in [-0.25, -0.2) is 0 Å². The van der Waals surface area contributed by atoms with Crippen LogP contribution in [-0.2, 0) is 4.79 Å². The number of hydrogen-bond donors (Lipinski definition) is 1. The maximum Gasteiger partial charge on any atom is 0.222 e. The van der Waals surface area contributed by atoms with Crippen molar-refractivity contribution >= 4 is 5.91 Å². The quantitative estimate of drug-likeness (QED) is 0.799. The van der Waals surface area contributed by atoms with E-state index in [1.165, 1.54) is 12.8 Å². The Kier molecular flexibility index (Phi) is 7.27. The number of nitrogens with zero attached hydrogens (tertiary/aromatic N) is 3. The van der Waals surface area contributed by atoms with Crippen LogP contribution in [0.5, 0.6) is 0 Å². The van der Waals surface area contributed by atoms with Crippen LogP contribution in [0.15, 0.2) is 30.3 Å². The number of likely N-dealkylation sites (tertiary alicyclic amines) is 1. The molecule has 2 saturated heterocycles. The summed E-state index contributed by atoms with van der Waals surface area (Å²) >= 11 is 0. The Balaban J connectivity index is 1.35. The molecule has 3 atom stereocenters. The Morgan fingerprint density at radius 3 is 2.30 bits per heavy atom. The molecule has 0 aromatic heterocycles. The summed E-state index contributed by atoms with van der Waals surface area (Å²) in [6.07, 6.45) is 3.91. The summed E-state index contributed by atoms with van der Waals surface area (Å²) in [5.41, 5.74) is 7.34. The molecule has 0 unspecified atom stereocenters. The summed E-state index contributed by atoms with van der Waals surface area (Å²) < 4.78 is 0. The van der Waals surface area contributed by atoms with Crippen LogP contribution in [0.4, 0.5) is 0 Å². The predicted octanol–water partition coefficient (Wildman–Crippen LogP) is 2.48. The molecule has 0 spiro atoms. The second-order valence-electron chi connectivity index (χ2n) is 8.29. The Morgan fingerprint density at radius 1 is 1.04 bits per heavy atom. The van der Waals surface area contributed by atoms with Gasteiger partial charge in [0.15, 0.2) is 0 Å². The van der Waals surface area contributed by atoms with Crippen LogP contribution in [-0.4, -0.2) is 72.0 Å². The summed E-state index contributed by atoms with van der Waals surface area (Å²) in [4.78, 5) is 19.7. The van der Waals surface area contributed by atoms with E-state index >= 15 is 0 Å². The Hall–Kier alpha value is -1.43. The lowest BCUT2D eigenvalue weighted by Crippen LogP contribution is -2.50. The van der Waals surface area contributed by atoms with Crippen LogP contribution in [0.3, 0.4) is 0 Å². The normalized spacial score (nSPS) is 25.7. The van der Waals surface area contributed by atoms with Crippen molar-refractivity contribution in [3.8, 4) is 0 Å². The van der Waals surface area contributed by atoms with Gasteiger partial charge in [0.1, 0.15) is 0 Å². The molecule has 0 saturated carbocycles. The first kappa shape index (κ1) is 20.3. The van der Waals surface area contributed by atoms with Gasteiger partial charge in [0.2, 0.25) is 5.91 Å². The van der Waals surface area contributed by atoms with E-state index in [4.69, 9.17) is 5.73 Å². The average Bonchev–Trinajstić information content (AvgIpc) is 3.03. The first-order valence-electron chi connectivity index (χ1n) is 10.6. The van der Waals surface area contributed by atoms with Crippen LogP contribution in [0, 0.1) is 0 Å². The smallest absolute Gasteiger partial charge is 0.222 e. The minimum atomic E-state index is -0.0547. The highest BCUT2D eigenvalue weighted by molar-refractivity contribution is 5.76. The van der Waals surface area contributed by atoms with Gasteiger partial charge in [0.05, 0.1) is 0 Å². The number of carbonyl (C=O) groups excluding carboxylic acids is 1. The van der Waals surface area contributed by atoms with Crippen molar-refractivity contribution in [3.63, 3.8) is 0 Å². The highest BCUT2D eigenvalue weighted by atomic mass is 16.2. The molecule has 2 aliphatic rings. The van der Waals surface area contributed by atoms with Gasteiger partial charge in [0, 0.05) is 63.8 Å². The minimum absolute atomic E-state index is 0.0547. The van der Waals surface area contributed by atoms with Crippen molar-refractivity contribution in [3.05, 3.63) is 35.9 Å². The lowest BCUT2D eigenvalue weighted by atomic mass is 10.0. The molecule has 150 valence electrons. The monoisotopic (exact) mass is 372 g/mol. The van der Waals surface area contributed by atoms with E-state index in [2.05, 4.69) is 23.6 Å². The molecule has 5 heteroatoms. The van der Waals surface area contributed by atoms with Crippen molar-refractivity contribution in [1.82, 2.24) is 14.7 Å². The van der Waals surface area contributed by atoms with E-state index in [-0.39, 0.29) is 11.9 Å². The third-order valence-electron chi connectivity index (χ3n) is 6.43. The van der Waals surface area contributed by atoms with Crippen molar-refractivity contribution < 1.29 is 4.79 Å². The van der Waals surface area contributed by atoms with Crippen molar-refractivity contribution in [2.45, 2.75) is 57.7 Å². The molecule has 3 rings (SSSR count). The number of piperazine rings is 1. The molecule has 1 aromatic rings. The van der Waals surface area contributed by atoms with Crippen LogP contribution in [0.2, 0.25) is 0 Å². The summed E-state index contributed by atoms with van der Waals surface area (Å²) in [5, 5.41) is 0. The molecule has 0 bridgehead atoms. The molecule has 1 aromatic carbocycles. The molecular formula is C22H36N4O. The fourth-order valence-electron chi connectivity index (χ4n) is 4.47. The maximum atomic E-state index is 12.5. The SMILES string of the molecule is C[C@@H]1CC[C@H](C)N1CCN1CCN(C(=O)CC[C@@H](N)c2ccccc2)CC1. The van der Waals surface area contributed by atoms with E-state index in [9.17, 15) is 4.79 Å². The molecule has 27 heavy (non-hydrogen) atoms. The van der Waals surface area contributed by atoms with Gasteiger partial charge in [-0.1, -0.05) is 30.3 Å². The summed E-state index contributed by atoms with van der Waals surface area (Å²) in [5.74, 6) is 0.253. The van der Waals surface area contributed by atoms with Gasteiger partial charge < -0.3 is 10.6 Å². The highest BCUT2D eigenvalue weighted by Crippen LogP contribution is 2.23. The van der Waals surface area contributed by atoms with Gasteiger partial charge in [-0.2, -0.15) is 0 Å². The number of amides is 1. The summed E-state index contributed by atoms with van der Waals surface area (Å²) in [7, 11) is 0. The van der Waals surface area contributed by atoms with E-state index in [1.54, 1.807) is 0 Å². The molecular weight excluding hydrogens is 336 g/mol. The molecule has 0 radical (unpaired) electrons. The molecule has 2 fully saturated rings. The number of nitrogens with two attached hydrogens (primary N) is 1. The number of hydrogen-bond acceptors (Lipinski definition) is 4. The number of benzene rings is 1. The number of carbonyl (C=O) groups is 1. The van der Waals surface area contributed by atoms with Gasteiger partial charge in [-0.15, -0.1) is 0 Å². The van der Waals surface area contributed by atoms with Crippen molar-refractivity contribution in [2.24, 2.45) is 5.73 Å². The number of rotatable bonds is 7. The Morgan fingerprint density at radius 2 is 1.67 bits per heavy atom. The van der Waals surface area contributed by atoms with Crippen molar-refractivity contribution in [1.29, 1.82) is 0 Å². The fraction of sp³-hybridized carbons (Fsp3) is 0.682.